The summed E-state index contributed by atoms with van der Waals surface area (Å²) in [7, 11) is 0. The van der Waals surface area contributed by atoms with E-state index in [9.17, 15) is 13.9 Å². The van der Waals surface area contributed by atoms with Crippen LogP contribution in [0.1, 0.15) is 18.1 Å². The molecule has 1 N–H and O–H groups in total. The van der Waals surface area contributed by atoms with E-state index in [1.54, 1.807) is 0 Å². The van der Waals surface area contributed by atoms with Crippen LogP contribution in [-0.4, -0.2) is 17.8 Å². The highest BCUT2D eigenvalue weighted by Gasteiger charge is 2.27. The maximum atomic E-state index is 13.1. The van der Waals surface area contributed by atoms with Crippen LogP contribution in [-0.2, 0) is 4.74 Å². The highest BCUT2D eigenvalue weighted by molar-refractivity contribution is 5.21. The van der Waals surface area contributed by atoms with Crippen LogP contribution in [0.15, 0.2) is 18.2 Å². The number of aliphatic hydroxyl groups is 1. The van der Waals surface area contributed by atoms with Crippen LogP contribution in [0.5, 0.6) is 0 Å². The van der Waals surface area contributed by atoms with Gasteiger partial charge in [0.25, 0.3) is 0 Å². The number of hydrogen-bond donors (Lipinski definition) is 1. The summed E-state index contributed by atoms with van der Waals surface area (Å²) >= 11 is 0. The van der Waals surface area contributed by atoms with E-state index in [1.165, 1.54) is 6.07 Å². The Bertz CT molecular complexity index is 337. The number of ether oxygens (including phenoxy) is 1. The summed E-state index contributed by atoms with van der Waals surface area (Å²) in [6.07, 6.45) is -0.528. The molecule has 4 heteroatoms. The van der Waals surface area contributed by atoms with E-state index in [4.69, 9.17) is 4.74 Å². The van der Waals surface area contributed by atoms with Gasteiger partial charge in [0.15, 0.2) is 0 Å². The van der Waals surface area contributed by atoms with E-state index in [0.29, 0.717) is 13.0 Å². The molecular weight excluding hydrogens is 190 g/mol. The minimum Gasteiger partial charge on any atom is -0.388 e. The Balaban J connectivity index is 2.13. The summed E-state index contributed by atoms with van der Waals surface area (Å²) in [5.74, 6) is -1.35. The molecule has 2 rings (SSSR count). The summed E-state index contributed by atoms with van der Waals surface area (Å²) in [6, 6.07) is 3.17. The fraction of sp³-hybridized carbons (Fsp3) is 0.400. The second kappa shape index (κ2) is 3.63. The van der Waals surface area contributed by atoms with Crippen molar-refractivity contribution < 1.29 is 18.6 Å². The van der Waals surface area contributed by atoms with Crippen LogP contribution < -0.4 is 0 Å². The second-order valence-corrected chi connectivity index (χ2v) is 3.37. The number of benzene rings is 1. The Labute approximate surface area is 80.1 Å². The predicted octanol–water partition coefficient (Wildman–Crippen LogP) is 1.79. The highest BCUT2D eigenvalue weighted by Crippen LogP contribution is 2.27. The van der Waals surface area contributed by atoms with Gasteiger partial charge in [0.2, 0.25) is 0 Å². The summed E-state index contributed by atoms with van der Waals surface area (Å²) in [5, 5.41) is 9.56. The van der Waals surface area contributed by atoms with Gasteiger partial charge in [0, 0.05) is 18.1 Å². The van der Waals surface area contributed by atoms with E-state index >= 15 is 0 Å². The fourth-order valence-corrected chi connectivity index (χ4v) is 1.35. The molecule has 0 bridgehead atoms. The lowest BCUT2D eigenvalue weighted by molar-refractivity contribution is 0.150. The van der Waals surface area contributed by atoms with Gasteiger partial charge < -0.3 is 9.84 Å². The maximum absolute atomic E-state index is 13.1. The molecule has 1 aromatic rings. The van der Waals surface area contributed by atoms with Gasteiger partial charge in [0.05, 0.1) is 18.8 Å². The third-order valence-electron chi connectivity index (χ3n) is 2.21. The molecule has 0 radical (unpaired) electrons. The molecule has 0 spiro atoms. The molecule has 2 nitrogen and oxygen atoms in total. The lowest BCUT2D eigenvalue weighted by Crippen LogP contribution is -2.04. The van der Waals surface area contributed by atoms with E-state index in [0.717, 1.165) is 12.1 Å². The summed E-state index contributed by atoms with van der Waals surface area (Å²) in [6.45, 7) is 0.611. The van der Waals surface area contributed by atoms with E-state index in [-0.39, 0.29) is 11.7 Å². The first-order valence-corrected chi connectivity index (χ1v) is 4.41. The van der Waals surface area contributed by atoms with E-state index in [2.05, 4.69) is 0 Å². The maximum Gasteiger partial charge on any atom is 0.131 e. The van der Waals surface area contributed by atoms with Crippen molar-refractivity contribution in [1.82, 2.24) is 0 Å². The van der Waals surface area contributed by atoms with Crippen LogP contribution in [0, 0.1) is 11.6 Å². The van der Waals surface area contributed by atoms with Gasteiger partial charge in [-0.1, -0.05) is 6.07 Å². The number of halogens is 2. The van der Waals surface area contributed by atoms with Crippen molar-refractivity contribution in [2.24, 2.45) is 0 Å². The minimum atomic E-state index is -0.914. The molecule has 2 atom stereocenters. The molecule has 0 saturated carbocycles. The Morgan fingerprint density at radius 2 is 2.21 bits per heavy atom. The number of epoxide rings is 1. The second-order valence-electron chi connectivity index (χ2n) is 3.37. The van der Waals surface area contributed by atoms with Crippen molar-refractivity contribution in [2.45, 2.75) is 18.6 Å². The third-order valence-corrected chi connectivity index (χ3v) is 2.21. The monoisotopic (exact) mass is 200 g/mol. The van der Waals surface area contributed by atoms with Crippen LogP contribution in [0.3, 0.4) is 0 Å². The van der Waals surface area contributed by atoms with Crippen LogP contribution >= 0.6 is 0 Å². The Morgan fingerprint density at radius 3 is 2.79 bits per heavy atom. The quantitative estimate of drug-likeness (QED) is 0.754. The topological polar surface area (TPSA) is 32.8 Å². The molecule has 76 valence electrons. The van der Waals surface area contributed by atoms with Crippen LogP contribution in [0.2, 0.25) is 0 Å². The van der Waals surface area contributed by atoms with E-state index < -0.39 is 17.7 Å². The molecule has 1 aliphatic heterocycles. The molecular formula is C10H10F2O2. The van der Waals surface area contributed by atoms with Crippen molar-refractivity contribution >= 4 is 0 Å². The number of rotatable bonds is 3. The molecule has 1 aromatic carbocycles. The molecule has 14 heavy (non-hydrogen) atoms. The minimum absolute atomic E-state index is 0.0226. The van der Waals surface area contributed by atoms with Crippen molar-refractivity contribution in [3.05, 3.63) is 35.4 Å². The zero-order chi connectivity index (χ0) is 10.1. The smallest absolute Gasteiger partial charge is 0.131 e. The number of aliphatic hydroxyl groups excluding tert-OH is 1. The largest absolute Gasteiger partial charge is 0.388 e. The van der Waals surface area contributed by atoms with Crippen molar-refractivity contribution in [2.75, 3.05) is 6.61 Å². The van der Waals surface area contributed by atoms with E-state index in [1.807, 2.05) is 0 Å². The molecule has 0 aromatic heterocycles. The molecule has 1 aliphatic rings. The van der Waals surface area contributed by atoms with Crippen LogP contribution in [0.4, 0.5) is 8.78 Å². The normalized spacial score (nSPS) is 22.1. The average molecular weight is 200 g/mol. The SMILES string of the molecule is O[C@@H](C[C@@H]1CO1)c1ccc(F)cc1F. The molecule has 1 heterocycles. The number of hydrogen-bond acceptors (Lipinski definition) is 2. The lowest BCUT2D eigenvalue weighted by Gasteiger charge is -2.09. The lowest BCUT2D eigenvalue weighted by atomic mass is 10.0. The van der Waals surface area contributed by atoms with Crippen molar-refractivity contribution in [3.8, 4) is 0 Å². The van der Waals surface area contributed by atoms with Crippen LogP contribution in [0.25, 0.3) is 0 Å². The molecule has 0 unspecified atom stereocenters. The van der Waals surface area contributed by atoms with Gasteiger partial charge >= 0.3 is 0 Å². The zero-order valence-electron chi connectivity index (χ0n) is 7.41. The first-order chi connectivity index (χ1) is 6.66. The molecule has 1 saturated heterocycles. The average Bonchev–Trinajstić information content (AvgIpc) is 2.87. The van der Waals surface area contributed by atoms with Gasteiger partial charge in [-0.25, -0.2) is 8.78 Å². The van der Waals surface area contributed by atoms with Gasteiger partial charge in [-0.2, -0.15) is 0 Å². The van der Waals surface area contributed by atoms with Gasteiger partial charge in [-0.15, -0.1) is 0 Å². The summed E-state index contributed by atoms with van der Waals surface area (Å²) in [5.41, 5.74) is 0.127. The summed E-state index contributed by atoms with van der Waals surface area (Å²) in [4.78, 5) is 0. The van der Waals surface area contributed by atoms with Gasteiger partial charge in [0.1, 0.15) is 11.6 Å². The summed E-state index contributed by atoms with van der Waals surface area (Å²) < 4.78 is 30.6. The first-order valence-electron chi connectivity index (χ1n) is 4.41. The predicted molar refractivity (Wildman–Crippen MR) is 45.7 cm³/mol. The Hall–Kier alpha value is -1.00. The standard InChI is InChI=1S/C10H10F2O2/c11-6-1-2-8(9(12)3-6)10(13)4-7-5-14-7/h1-3,7,10,13H,4-5H2/t7-,10+/m1/s1. The zero-order valence-corrected chi connectivity index (χ0v) is 7.41. The van der Waals surface area contributed by atoms with Crippen molar-refractivity contribution in [3.63, 3.8) is 0 Å². The highest BCUT2D eigenvalue weighted by atomic mass is 19.1. The van der Waals surface area contributed by atoms with Gasteiger partial charge in [-0.05, 0) is 6.07 Å². The molecule has 0 amide bonds. The van der Waals surface area contributed by atoms with Crippen molar-refractivity contribution in [1.29, 1.82) is 0 Å². The Morgan fingerprint density at radius 1 is 1.50 bits per heavy atom. The third kappa shape index (κ3) is 2.08. The fourth-order valence-electron chi connectivity index (χ4n) is 1.35. The first kappa shape index (κ1) is 9.55. The molecule has 1 fully saturated rings. The van der Waals surface area contributed by atoms with Gasteiger partial charge in [-0.3, -0.25) is 0 Å². The molecule has 0 aliphatic carbocycles. The Kier molecular flexibility index (Phi) is 2.48.